The molecule has 4 aromatic carbocycles. The van der Waals surface area contributed by atoms with Gasteiger partial charge in [0.25, 0.3) is 0 Å². The first-order valence-electron chi connectivity index (χ1n) is 15.7. The van der Waals surface area contributed by atoms with Crippen molar-refractivity contribution in [2.24, 2.45) is 10.8 Å². The number of rotatable bonds is 5. The molecule has 1 nitrogen and oxygen atoms in total. The zero-order valence-electron chi connectivity index (χ0n) is 28.6. The van der Waals surface area contributed by atoms with Gasteiger partial charge in [0.15, 0.2) is 0 Å². The first-order valence-corrected chi connectivity index (χ1v) is 17.8. The molecule has 0 aliphatic heterocycles. The second-order valence-corrected chi connectivity index (χ2v) is 16.9. The maximum absolute atomic E-state index is 4.60. The van der Waals surface area contributed by atoms with Crippen LogP contribution in [-0.2, 0) is 11.8 Å². The van der Waals surface area contributed by atoms with Crippen LogP contribution < -0.4 is 0 Å². The third kappa shape index (κ3) is 12.3. The summed E-state index contributed by atoms with van der Waals surface area (Å²) in [6.45, 7) is 20.4. The molecule has 0 aliphatic rings. The van der Waals surface area contributed by atoms with Crippen molar-refractivity contribution in [2.45, 2.75) is 91.4 Å². The molecule has 234 valence electrons. The summed E-state index contributed by atoms with van der Waals surface area (Å²) < 4.78 is 1.28. The summed E-state index contributed by atoms with van der Waals surface area (Å²) in [5.41, 5.74) is 6.28. The van der Waals surface area contributed by atoms with Gasteiger partial charge in [0.2, 0.25) is 0 Å². The molecule has 0 radical (unpaired) electrons. The summed E-state index contributed by atoms with van der Waals surface area (Å²) in [5, 5.41) is 1.22. The zero-order valence-corrected chi connectivity index (χ0v) is 30.3. The molecule has 0 unspecified atom stereocenters. The quantitative estimate of drug-likeness (QED) is 0.181. The highest BCUT2D eigenvalue weighted by Gasteiger charge is 2.21. The van der Waals surface area contributed by atoms with Gasteiger partial charge in [-0.1, -0.05) is 147 Å². The Labute approximate surface area is 276 Å². The monoisotopic (exact) mass is 623 g/mol. The first-order chi connectivity index (χ1) is 20.6. The van der Waals surface area contributed by atoms with E-state index in [2.05, 4.69) is 177 Å². The van der Waals surface area contributed by atoms with Crippen LogP contribution in [0, 0.1) is 10.8 Å². The van der Waals surface area contributed by atoms with Crippen molar-refractivity contribution in [1.29, 1.82) is 0 Å². The maximum atomic E-state index is 4.60. The number of aromatic nitrogens is 1. The standard InChI is InChI=1S/C18H22.C12H18S.C11H13NS/c1-18(2,3)14-17(15-10-6-4-7-11-15)16-12-8-5-9-13-16;1-12(2,3)9-10-5-7-11(13-4)8-6-10;1-11(2,3)10-12-8-6-4-5-7-9(8)13-10/h4-13,17H,14H2,1-3H3;5-8H,9H2,1-4H3;4-7H,1-3H3. The van der Waals surface area contributed by atoms with Gasteiger partial charge in [-0.15, -0.1) is 23.1 Å². The topological polar surface area (TPSA) is 12.9 Å². The molecule has 0 amide bonds. The fourth-order valence-corrected chi connectivity index (χ4v) is 6.39. The molecule has 0 N–H and O–H groups in total. The molecule has 0 saturated heterocycles. The molecule has 0 bridgehead atoms. The number of fused-ring (bicyclic) bond motifs is 1. The highest BCUT2D eigenvalue weighted by atomic mass is 32.2. The molecule has 0 spiro atoms. The van der Waals surface area contributed by atoms with Crippen molar-refractivity contribution in [3.8, 4) is 0 Å². The van der Waals surface area contributed by atoms with Crippen molar-refractivity contribution in [2.75, 3.05) is 6.26 Å². The predicted molar refractivity (Wildman–Crippen MR) is 199 cm³/mol. The number of hydrogen-bond donors (Lipinski definition) is 0. The van der Waals surface area contributed by atoms with Gasteiger partial charge in [-0.05, 0) is 70.9 Å². The number of benzene rings is 4. The highest BCUT2D eigenvalue weighted by Crippen LogP contribution is 2.36. The van der Waals surface area contributed by atoms with Crippen LogP contribution in [0.2, 0.25) is 0 Å². The molecule has 0 fully saturated rings. The van der Waals surface area contributed by atoms with E-state index in [-0.39, 0.29) is 5.41 Å². The number of para-hydroxylation sites is 1. The van der Waals surface area contributed by atoms with E-state index in [0.29, 0.717) is 16.7 Å². The lowest BCUT2D eigenvalue weighted by atomic mass is 9.78. The van der Waals surface area contributed by atoms with Crippen LogP contribution in [0.1, 0.15) is 96.4 Å². The van der Waals surface area contributed by atoms with E-state index in [1.54, 1.807) is 23.1 Å². The Kier molecular flexibility index (Phi) is 12.9. The van der Waals surface area contributed by atoms with Gasteiger partial charge in [0.1, 0.15) is 0 Å². The normalized spacial score (nSPS) is 11.9. The van der Waals surface area contributed by atoms with E-state index in [4.69, 9.17) is 0 Å². The van der Waals surface area contributed by atoms with Gasteiger partial charge in [0.05, 0.1) is 15.2 Å². The SMILES string of the molecule is CC(C)(C)CC(c1ccccc1)c1ccccc1.CC(C)(C)c1nc2ccccc2s1.CSc1ccc(CC(C)(C)C)cc1. The third-order valence-corrected chi connectivity index (χ3v) is 9.26. The summed E-state index contributed by atoms with van der Waals surface area (Å²) >= 11 is 3.59. The molecule has 5 aromatic rings. The smallest absolute Gasteiger partial charge is 0.0992 e. The average Bonchev–Trinajstić information content (AvgIpc) is 3.42. The largest absolute Gasteiger partial charge is 0.241 e. The van der Waals surface area contributed by atoms with E-state index in [1.807, 2.05) is 6.07 Å². The van der Waals surface area contributed by atoms with Crippen LogP contribution >= 0.6 is 23.1 Å². The molecule has 1 heterocycles. The van der Waals surface area contributed by atoms with Crippen molar-refractivity contribution < 1.29 is 0 Å². The number of thioether (sulfide) groups is 1. The Morgan fingerprint density at radius 2 is 1.11 bits per heavy atom. The second-order valence-electron chi connectivity index (χ2n) is 15.0. The fraction of sp³-hybridized carbons (Fsp3) is 0.390. The number of hydrogen-bond acceptors (Lipinski definition) is 3. The van der Waals surface area contributed by atoms with Gasteiger partial charge in [-0.25, -0.2) is 4.98 Å². The minimum atomic E-state index is 0.170. The Bertz CT molecular complexity index is 1440. The summed E-state index contributed by atoms with van der Waals surface area (Å²) in [6.07, 6.45) is 4.43. The Morgan fingerprint density at radius 3 is 1.55 bits per heavy atom. The van der Waals surface area contributed by atoms with Gasteiger partial charge in [-0.2, -0.15) is 0 Å². The highest BCUT2D eigenvalue weighted by molar-refractivity contribution is 7.98. The lowest BCUT2D eigenvalue weighted by Crippen LogP contribution is -2.13. The van der Waals surface area contributed by atoms with Gasteiger partial charge in [-0.3, -0.25) is 0 Å². The van der Waals surface area contributed by atoms with E-state index < -0.39 is 0 Å². The Hall–Kier alpha value is -2.88. The number of thiazole rings is 1. The first kappa shape index (κ1) is 35.6. The van der Waals surface area contributed by atoms with Crippen LogP contribution in [0.15, 0.2) is 114 Å². The van der Waals surface area contributed by atoms with Crippen molar-refractivity contribution in [3.63, 3.8) is 0 Å². The van der Waals surface area contributed by atoms with E-state index in [0.717, 1.165) is 11.9 Å². The molecule has 5 rings (SSSR count). The van der Waals surface area contributed by atoms with Crippen LogP contribution in [-0.4, -0.2) is 11.2 Å². The average molecular weight is 624 g/mol. The molecular weight excluding hydrogens is 571 g/mol. The van der Waals surface area contributed by atoms with Gasteiger partial charge >= 0.3 is 0 Å². The van der Waals surface area contributed by atoms with Crippen LogP contribution in [0.25, 0.3) is 10.2 Å². The molecular formula is C41H53NS2. The van der Waals surface area contributed by atoms with Crippen LogP contribution in [0.5, 0.6) is 0 Å². The summed E-state index contributed by atoms with van der Waals surface area (Å²) in [4.78, 5) is 5.95. The molecule has 3 heteroatoms. The molecule has 0 atom stereocenters. The van der Waals surface area contributed by atoms with Crippen molar-refractivity contribution in [1.82, 2.24) is 4.98 Å². The van der Waals surface area contributed by atoms with Gasteiger partial charge in [0, 0.05) is 16.2 Å². The Balaban J connectivity index is 0.000000184. The lowest BCUT2D eigenvalue weighted by molar-refractivity contribution is 0.357. The lowest BCUT2D eigenvalue weighted by Gasteiger charge is -2.27. The molecule has 1 aromatic heterocycles. The zero-order chi connectivity index (χ0) is 32.4. The van der Waals surface area contributed by atoms with Crippen LogP contribution in [0.4, 0.5) is 0 Å². The second kappa shape index (κ2) is 15.9. The third-order valence-electron chi connectivity index (χ3n) is 7.05. The summed E-state index contributed by atoms with van der Waals surface area (Å²) in [6, 6.07) is 38.8. The van der Waals surface area contributed by atoms with Crippen LogP contribution in [0.3, 0.4) is 0 Å². The van der Waals surface area contributed by atoms with Crippen molar-refractivity contribution >= 4 is 33.3 Å². The maximum Gasteiger partial charge on any atom is 0.0992 e. The van der Waals surface area contributed by atoms with E-state index >= 15 is 0 Å². The Morgan fingerprint density at radius 1 is 0.614 bits per heavy atom. The minimum absolute atomic E-state index is 0.170. The van der Waals surface area contributed by atoms with E-state index in [1.165, 1.54) is 37.7 Å². The predicted octanol–water partition coefficient (Wildman–Crippen LogP) is 12.8. The summed E-state index contributed by atoms with van der Waals surface area (Å²) in [7, 11) is 0. The molecule has 0 aliphatic carbocycles. The molecule has 44 heavy (non-hydrogen) atoms. The minimum Gasteiger partial charge on any atom is -0.241 e. The van der Waals surface area contributed by atoms with E-state index in [9.17, 15) is 0 Å². The number of nitrogens with zero attached hydrogens (tertiary/aromatic N) is 1. The van der Waals surface area contributed by atoms with Crippen molar-refractivity contribution in [3.05, 3.63) is 131 Å². The van der Waals surface area contributed by atoms with Gasteiger partial charge < -0.3 is 0 Å². The fourth-order valence-electron chi connectivity index (χ4n) is 4.96. The summed E-state index contributed by atoms with van der Waals surface area (Å²) in [5.74, 6) is 0.493. The molecule has 0 saturated carbocycles.